The first-order valence-corrected chi connectivity index (χ1v) is 30.9. The Bertz CT molecular complexity index is 3940. The molecule has 9 aromatic carbocycles. The second kappa shape index (κ2) is 24.2. The minimum absolute atomic E-state index is 0.0238. The fourth-order valence-corrected chi connectivity index (χ4v) is 13.3. The molecule has 7 heteroatoms. The number of anilines is 3. The maximum absolute atomic E-state index is 6.41. The SMILES string of the molecule is CCCCCCC1(CCCCCC)c2ccccc2-c2ccc(-c3ccc(N(c4ccc(-c5ccccc5)cc4)c4ccc(-c5ccc6c7ccccc7n(-c7cc(OCC(C)C)cc(OCC(C)C)c7)c6c5)c5nsnc45)cc3)cc21. The molecule has 0 N–H and O–H groups in total. The van der Waals surface area contributed by atoms with E-state index in [9.17, 15) is 0 Å². The number of fused-ring (bicyclic) bond motifs is 7. The molecule has 0 unspecified atom stereocenters. The van der Waals surface area contributed by atoms with Crippen LogP contribution in [0.2, 0.25) is 0 Å². The molecule has 12 rings (SSSR count). The Balaban J connectivity index is 0.944. The summed E-state index contributed by atoms with van der Waals surface area (Å²) in [6.07, 6.45) is 12.5. The second-order valence-electron chi connectivity index (χ2n) is 23.6. The highest BCUT2D eigenvalue weighted by Gasteiger charge is 2.42. The lowest BCUT2D eigenvalue weighted by Gasteiger charge is -2.33. The molecule has 0 fully saturated rings. The average molecular weight is 1100 g/mol. The van der Waals surface area contributed by atoms with Gasteiger partial charge in [-0.05, 0) is 129 Å². The van der Waals surface area contributed by atoms with Gasteiger partial charge in [-0.25, -0.2) is 0 Å². The Morgan fingerprint density at radius 1 is 0.451 bits per heavy atom. The smallest absolute Gasteiger partial charge is 0.129 e. The maximum atomic E-state index is 6.41. The predicted octanol–water partition coefficient (Wildman–Crippen LogP) is 21.5. The van der Waals surface area contributed by atoms with Crippen molar-refractivity contribution in [3.8, 4) is 61.7 Å². The highest BCUT2D eigenvalue weighted by atomic mass is 32.1. The molecule has 1 aliphatic carbocycles. The minimum atomic E-state index is 0.0238. The number of unbranched alkanes of at least 4 members (excludes halogenated alkanes) is 6. The molecule has 414 valence electrons. The van der Waals surface area contributed by atoms with Crippen molar-refractivity contribution in [1.82, 2.24) is 13.3 Å². The molecule has 0 amide bonds. The monoisotopic (exact) mass is 1100 g/mol. The van der Waals surface area contributed by atoms with Gasteiger partial charge >= 0.3 is 0 Å². The van der Waals surface area contributed by atoms with E-state index >= 15 is 0 Å². The van der Waals surface area contributed by atoms with Gasteiger partial charge in [0.2, 0.25) is 0 Å². The van der Waals surface area contributed by atoms with Crippen molar-refractivity contribution in [2.45, 2.75) is 111 Å². The molecule has 0 saturated heterocycles. The molecule has 0 bridgehead atoms. The number of aromatic nitrogens is 3. The molecular weight excluding hydrogens is 1020 g/mol. The van der Waals surface area contributed by atoms with Gasteiger partial charge in [-0.1, -0.05) is 214 Å². The standard InChI is InChI=1S/C75H76N4O2S/c1-7-9-11-20-42-75(43-21-12-10-8-2)68-26-18-16-24-64(68)65-38-32-56(44-69(65)75)55-30-36-59(37-31-55)78(58-34-28-54(29-35-58)53-22-14-13-15-23-53)71-41-40-63(73-74(71)77-82-76-73)57-33-39-67-66-25-17-19-27-70(66)79(72(67)45-57)60-46-61(80-49-51(3)4)48-62(47-60)81-50-52(5)6/h13-19,22-41,44-48,51-52H,7-12,20-21,42-43,49-50H2,1-6H3. The van der Waals surface area contributed by atoms with Crippen LogP contribution in [0.25, 0.3) is 83.0 Å². The topological polar surface area (TPSA) is 52.4 Å². The van der Waals surface area contributed by atoms with Crippen molar-refractivity contribution in [3.63, 3.8) is 0 Å². The van der Waals surface area contributed by atoms with E-state index in [4.69, 9.17) is 18.2 Å². The van der Waals surface area contributed by atoms with Crippen LogP contribution in [-0.4, -0.2) is 26.5 Å². The van der Waals surface area contributed by atoms with Crippen molar-refractivity contribution in [2.24, 2.45) is 11.8 Å². The van der Waals surface area contributed by atoms with Gasteiger partial charge in [-0.3, -0.25) is 0 Å². The Morgan fingerprint density at radius 3 is 1.67 bits per heavy atom. The van der Waals surface area contributed by atoms with Crippen molar-refractivity contribution < 1.29 is 9.47 Å². The van der Waals surface area contributed by atoms with E-state index in [1.54, 1.807) is 0 Å². The van der Waals surface area contributed by atoms with Crippen LogP contribution in [-0.2, 0) is 5.41 Å². The van der Waals surface area contributed by atoms with E-state index in [2.05, 4.69) is 239 Å². The molecule has 6 nitrogen and oxygen atoms in total. The third kappa shape index (κ3) is 10.8. The first kappa shape index (κ1) is 54.6. The van der Waals surface area contributed by atoms with E-state index in [0.717, 1.165) is 67.4 Å². The summed E-state index contributed by atoms with van der Waals surface area (Å²) in [4.78, 5) is 2.36. The summed E-state index contributed by atoms with van der Waals surface area (Å²) >= 11 is 1.27. The van der Waals surface area contributed by atoms with Crippen LogP contribution in [0.4, 0.5) is 17.1 Å². The number of ether oxygens (including phenoxy) is 2. The molecule has 0 spiro atoms. The maximum Gasteiger partial charge on any atom is 0.129 e. The zero-order valence-corrected chi connectivity index (χ0v) is 49.4. The summed E-state index contributed by atoms with van der Waals surface area (Å²) in [5.74, 6) is 2.35. The zero-order chi connectivity index (χ0) is 56.2. The van der Waals surface area contributed by atoms with Crippen molar-refractivity contribution in [3.05, 3.63) is 205 Å². The molecule has 0 radical (unpaired) electrons. The Morgan fingerprint density at radius 2 is 1.00 bits per heavy atom. The van der Waals surface area contributed by atoms with Crippen LogP contribution in [0, 0.1) is 11.8 Å². The zero-order valence-electron chi connectivity index (χ0n) is 48.6. The van der Waals surface area contributed by atoms with Gasteiger partial charge in [-0.2, -0.15) is 8.75 Å². The normalized spacial score (nSPS) is 12.7. The average Bonchev–Trinajstić information content (AvgIpc) is 3.47. The molecule has 1 aliphatic rings. The molecule has 0 saturated carbocycles. The van der Waals surface area contributed by atoms with Crippen LogP contribution in [0.5, 0.6) is 11.5 Å². The Kier molecular flexibility index (Phi) is 16.1. The molecule has 2 aromatic heterocycles. The first-order chi connectivity index (χ1) is 40.2. The van der Waals surface area contributed by atoms with E-state index in [1.165, 1.54) is 131 Å². The largest absolute Gasteiger partial charge is 0.493 e. The van der Waals surface area contributed by atoms with E-state index in [1.807, 2.05) is 6.07 Å². The summed E-state index contributed by atoms with van der Waals surface area (Å²) in [7, 11) is 0. The predicted molar refractivity (Wildman–Crippen MR) is 347 cm³/mol. The fraction of sp³-hybridized carbons (Fsp3) is 0.280. The summed E-state index contributed by atoms with van der Waals surface area (Å²) in [5, 5.41) is 2.35. The van der Waals surface area contributed by atoms with Crippen molar-refractivity contribution in [1.29, 1.82) is 0 Å². The molecule has 0 atom stereocenters. The van der Waals surface area contributed by atoms with Gasteiger partial charge < -0.3 is 18.9 Å². The summed E-state index contributed by atoms with van der Waals surface area (Å²) in [5.41, 5.74) is 20.8. The third-order valence-electron chi connectivity index (χ3n) is 16.8. The van der Waals surface area contributed by atoms with Crippen LogP contribution >= 0.6 is 11.7 Å². The highest BCUT2D eigenvalue weighted by molar-refractivity contribution is 7.00. The van der Waals surface area contributed by atoms with Gasteiger partial charge in [0.15, 0.2) is 0 Å². The van der Waals surface area contributed by atoms with Gasteiger partial charge in [0.05, 0.1) is 47.4 Å². The van der Waals surface area contributed by atoms with Crippen LogP contribution in [0.1, 0.15) is 117 Å². The Labute approximate surface area is 489 Å². The highest BCUT2D eigenvalue weighted by Crippen LogP contribution is 2.55. The van der Waals surface area contributed by atoms with Gasteiger partial charge in [0.25, 0.3) is 0 Å². The molecule has 0 aliphatic heterocycles. The fourth-order valence-electron chi connectivity index (χ4n) is 12.7. The van der Waals surface area contributed by atoms with E-state index < -0.39 is 0 Å². The lowest BCUT2D eigenvalue weighted by atomic mass is 9.70. The lowest BCUT2D eigenvalue weighted by Crippen LogP contribution is -2.25. The van der Waals surface area contributed by atoms with Gasteiger partial charge in [0, 0.05) is 51.3 Å². The van der Waals surface area contributed by atoms with Crippen molar-refractivity contribution >= 4 is 61.6 Å². The number of hydrogen-bond donors (Lipinski definition) is 0. The van der Waals surface area contributed by atoms with E-state index in [-0.39, 0.29) is 5.41 Å². The molecule has 2 heterocycles. The van der Waals surface area contributed by atoms with Crippen LogP contribution in [0.15, 0.2) is 194 Å². The lowest BCUT2D eigenvalue weighted by molar-refractivity contribution is 0.258. The molecule has 82 heavy (non-hydrogen) atoms. The number of hydrogen-bond acceptors (Lipinski definition) is 6. The Hall–Kier alpha value is -8.00. The number of para-hydroxylation sites is 1. The molecule has 11 aromatic rings. The number of nitrogens with zero attached hydrogens (tertiary/aromatic N) is 4. The van der Waals surface area contributed by atoms with Crippen LogP contribution in [0.3, 0.4) is 0 Å². The first-order valence-electron chi connectivity index (χ1n) is 30.2. The summed E-state index contributed by atoms with van der Waals surface area (Å²) < 4.78 is 25.4. The quantitative estimate of drug-likeness (QED) is 0.0598. The molecular formula is C75H76N4O2S. The third-order valence-corrected chi connectivity index (χ3v) is 17.3. The number of rotatable bonds is 23. The minimum Gasteiger partial charge on any atom is -0.493 e. The second-order valence-corrected chi connectivity index (χ2v) is 24.1. The van der Waals surface area contributed by atoms with Crippen LogP contribution < -0.4 is 14.4 Å². The van der Waals surface area contributed by atoms with Gasteiger partial charge in [0.1, 0.15) is 22.5 Å². The van der Waals surface area contributed by atoms with Gasteiger partial charge in [-0.15, -0.1) is 0 Å². The van der Waals surface area contributed by atoms with Crippen molar-refractivity contribution in [2.75, 3.05) is 18.1 Å². The summed E-state index contributed by atoms with van der Waals surface area (Å²) in [6, 6.07) is 71.7. The summed E-state index contributed by atoms with van der Waals surface area (Å²) in [6.45, 7) is 14.6. The van der Waals surface area contributed by atoms with E-state index in [0.29, 0.717) is 25.0 Å². The number of benzene rings is 9.